The standard InChI is InChI=1S/C16H22BrNO2/c1-10(2)13-11(9-16(18)4-5-16)8-12(17)14-15(13)20-7-3-6-19-14/h8,10H,3-7,9,18H2,1-2H3. The van der Waals surface area contributed by atoms with Gasteiger partial charge in [0.15, 0.2) is 11.5 Å². The third-order valence-corrected chi connectivity index (χ3v) is 4.70. The van der Waals surface area contributed by atoms with Crippen LogP contribution in [0.3, 0.4) is 0 Å². The molecule has 0 amide bonds. The highest BCUT2D eigenvalue weighted by atomic mass is 79.9. The van der Waals surface area contributed by atoms with Crippen LogP contribution in [-0.4, -0.2) is 18.8 Å². The number of hydrogen-bond donors (Lipinski definition) is 1. The number of benzene rings is 1. The van der Waals surface area contributed by atoms with Gasteiger partial charge in [-0.15, -0.1) is 0 Å². The smallest absolute Gasteiger partial charge is 0.175 e. The quantitative estimate of drug-likeness (QED) is 0.911. The van der Waals surface area contributed by atoms with Crippen LogP contribution in [0, 0.1) is 0 Å². The second-order valence-electron chi connectivity index (χ2n) is 6.33. The van der Waals surface area contributed by atoms with E-state index < -0.39 is 0 Å². The van der Waals surface area contributed by atoms with Crippen molar-refractivity contribution in [1.29, 1.82) is 0 Å². The van der Waals surface area contributed by atoms with Crippen molar-refractivity contribution < 1.29 is 9.47 Å². The number of halogens is 1. The van der Waals surface area contributed by atoms with Crippen LogP contribution in [-0.2, 0) is 6.42 Å². The van der Waals surface area contributed by atoms with E-state index in [-0.39, 0.29) is 5.54 Å². The van der Waals surface area contributed by atoms with Crippen molar-refractivity contribution in [2.24, 2.45) is 5.73 Å². The molecule has 1 aromatic rings. The molecular weight excluding hydrogens is 318 g/mol. The summed E-state index contributed by atoms with van der Waals surface area (Å²) in [6.45, 7) is 5.84. The molecule has 0 spiro atoms. The van der Waals surface area contributed by atoms with Gasteiger partial charge in [-0.1, -0.05) is 13.8 Å². The minimum absolute atomic E-state index is 0.00288. The van der Waals surface area contributed by atoms with Gasteiger partial charge in [0.05, 0.1) is 17.7 Å². The largest absolute Gasteiger partial charge is 0.489 e. The molecule has 4 heteroatoms. The van der Waals surface area contributed by atoms with Gasteiger partial charge < -0.3 is 15.2 Å². The van der Waals surface area contributed by atoms with Crippen LogP contribution < -0.4 is 15.2 Å². The number of rotatable bonds is 3. The first-order chi connectivity index (χ1) is 9.50. The predicted octanol–water partition coefficient (Wildman–Crippen LogP) is 3.77. The molecule has 0 aromatic heterocycles. The van der Waals surface area contributed by atoms with Crippen LogP contribution in [0.2, 0.25) is 0 Å². The molecule has 0 bridgehead atoms. The summed E-state index contributed by atoms with van der Waals surface area (Å²) in [7, 11) is 0. The monoisotopic (exact) mass is 339 g/mol. The third-order valence-electron chi connectivity index (χ3n) is 4.11. The van der Waals surface area contributed by atoms with Crippen LogP contribution in [0.5, 0.6) is 11.5 Å². The Morgan fingerprint density at radius 3 is 2.50 bits per heavy atom. The summed E-state index contributed by atoms with van der Waals surface area (Å²) >= 11 is 3.63. The number of fused-ring (bicyclic) bond motifs is 1. The molecule has 0 unspecified atom stereocenters. The van der Waals surface area contributed by atoms with E-state index >= 15 is 0 Å². The first kappa shape index (κ1) is 14.2. The van der Waals surface area contributed by atoms with Gasteiger partial charge in [0.1, 0.15) is 0 Å². The van der Waals surface area contributed by atoms with Crippen LogP contribution in [0.25, 0.3) is 0 Å². The first-order valence-electron chi connectivity index (χ1n) is 7.40. The predicted molar refractivity (Wildman–Crippen MR) is 83.7 cm³/mol. The van der Waals surface area contributed by atoms with Gasteiger partial charge in [-0.25, -0.2) is 0 Å². The Morgan fingerprint density at radius 1 is 1.25 bits per heavy atom. The number of hydrogen-bond acceptors (Lipinski definition) is 3. The first-order valence-corrected chi connectivity index (χ1v) is 8.19. The Labute approximate surface area is 129 Å². The average Bonchev–Trinajstić information content (AvgIpc) is 3.12. The fourth-order valence-electron chi connectivity index (χ4n) is 2.85. The maximum absolute atomic E-state index is 6.32. The third kappa shape index (κ3) is 2.68. The van der Waals surface area contributed by atoms with Gasteiger partial charge >= 0.3 is 0 Å². The molecule has 20 heavy (non-hydrogen) atoms. The molecule has 110 valence electrons. The SMILES string of the molecule is CC(C)c1c(CC2(N)CC2)cc(Br)c2c1OCCCO2. The summed E-state index contributed by atoms with van der Waals surface area (Å²) in [6.07, 6.45) is 4.10. The highest BCUT2D eigenvalue weighted by molar-refractivity contribution is 9.10. The number of nitrogens with two attached hydrogens (primary N) is 1. The fraction of sp³-hybridized carbons (Fsp3) is 0.625. The average molecular weight is 340 g/mol. The summed E-state index contributed by atoms with van der Waals surface area (Å²) < 4.78 is 12.9. The zero-order valence-electron chi connectivity index (χ0n) is 12.2. The van der Waals surface area contributed by atoms with Gasteiger partial charge in [-0.05, 0) is 52.7 Å². The van der Waals surface area contributed by atoms with E-state index in [2.05, 4.69) is 35.8 Å². The van der Waals surface area contributed by atoms with E-state index in [0.29, 0.717) is 12.5 Å². The molecule has 0 atom stereocenters. The summed E-state index contributed by atoms with van der Waals surface area (Å²) in [5.74, 6) is 2.18. The van der Waals surface area contributed by atoms with Crippen molar-refractivity contribution in [3.05, 3.63) is 21.7 Å². The molecule has 0 saturated heterocycles. The van der Waals surface area contributed by atoms with E-state index in [1.165, 1.54) is 11.1 Å². The van der Waals surface area contributed by atoms with Gasteiger partial charge in [-0.3, -0.25) is 0 Å². The molecule has 1 aromatic carbocycles. The molecule has 1 heterocycles. The van der Waals surface area contributed by atoms with Crippen molar-refractivity contribution in [3.63, 3.8) is 0 Å². The molecule has 1 saturated carbocycles. The lowest BCUT2D eigenvalue weighted by molar-refractivity contribution is 0.295. The van der Waals surface area contributed by atoms with Crippen LogP contribution in [0.15, 0.2) is 10.5 Å². The molecule has 1 aliphatic carbocycles. The molecule has 3 rings (SSSR count). The van der Waals surface area contributed by atoms with E-state index in [0.717, 1.165) is 48.3 Å². The molecular formula is C16H22BrNO2. The van der Waals surface area contributed by atoms with Gasteiger partial charge in [0, 0.05) is 17.5 Å². The number of ether oxygens (including phenoxy) is 2. The lowest BCUT2D eigenvalue weighted by Gasteiger charge is -2.22. The van der Waals surface area contributed by atoms with Crippen LogP contribution in [0.1, 0.15) is 50.2 Å². The summed E-state index contributed by atoms with van der Waals surface area (Å²) in [5, 5.41) is 0. The van der Waals surface area contributed by atoms with E-state index in [1.54, 1.807) is 0 Å². The Kier molecular flexibility index (Phi) is 3.71. The van der Waals surface area contributed by atoms with Crippen LogP contribution in [0.4, 0.5) is 0 Å². The molecule has 2 N–H and O–H groups in total. The molecule has 1 aliphatic heterocycles. The second kappa shape index (κ2) is 5.23. The minimum Gasteiger partial charge on any atom is -0.489 e. The topological polar surface area (TPSA) is 44.5 Å². The van der Waals surface area contributed by atoms with Crippen molar-refractivity contribution >= 4 is 15.9 Å². The van der Waals surface area contributed by atoms with Gasteiger partial charge in [-0.2, -0.15) is 0 Å². The van der Waals surface area contributed by atoms with Crippen molar-refractivity contribution in [3.8, 4) is 11.5 Å². The van der Waals surface area contributed by atoms with E-state index in [4.69, 9.17) is 15.2 Å². The normalized spacial score (nSPS) is 19.9. The van der Waals surface area contributed by atoms with Crippen molar-refractivity contribution in [1.82, 2.24) is 0 Å². The molecule has 2 aliphatic rings. The van der Waals surface area contributed by atoms with Crippen LogP contribution >= 0.6 is 15.9 Å². The zero-order valence-corrected chi connectivity index (χ0v) is 13.8. The van der Waals surface area contributed by atoms with E-state index in [1.807, 2.05) is 0 Å². The maximum Gasteiger partial charge on any atom is 0.175 e. The van der Waals surface area contributed by atoms with Gasteiger partial charge in [0.25, 0.3) is 0 Å². The Morgan fingerprint density at radius 2 is 1.90 bits per heavy atom. The Balaban J connectivity index is 2.09. The lowest BCUT2D eigenvalue weighted by atomic mass is 9.91. The summed E-state index contributed by atoms with van der Waals surface area (Å²) in [5.41, 5.74) is 8.89. The molecule has 3 nitrogen and oxygen atoms in total. The Hall–Kier alpha value is -0.740. The lowest BCUT2D eigenvalue weighted by Crippen LogP contribution is -2.25. The molecule has 1 fully saturated rings. The minimum atomic E-state index is 0.00288. The zero-order chi connectivity index (χ0) is 14.3. The van der Waals surface area contributed by atoms with Crippen molar-refractivity contribution in [2.45, 2.75) is 51.0 Å². The van der Waals surface area contributed by atoms with E-state index in [9.17, 15) is 0 Å². The highest BCUT2D eigenvalue weighted by Gasteiger charge is 2.39. The van der Waals surface area contributed by atoms with Crippen molar-refractivity contribution in [2.75, 3.05) is 13.2 Å². The highest BCUT2D eigenvalue weighted by Crippen LogP contribution is 2.47. The summed E-state index contributed by atoms with van der Waals surface area (Å²) in [6, 6.07) is 2.18. The summed E-state index contributed by atoms with van der Waals surface area (Å²) in [4.78, 5) is 0. The maximum atomic E-state index is 6.32. The second-order valence-corrected chi connectivity index (χ2v) is 7.19. The van der Waals surface area contributed by atoms with Gasteiger partial charge in [0.2, 0.25) is 0 Å². The fourth-order valence-corrected chi connectivity index (χ4v) is 3.42. The molecule has 0 radical (unpaired) electrons. The Bertz CT molecular complexity index is 524.